The van der Waals surface area contributed by atoms with E-state index in [2.05, 4.69) is 33.6 Å². The molecular weight excluding hydrogens is 203 g/mol. The molecule has 0 amide bonds. The molecule has 0 aromatic carbocycles. The van der Waals surface area contributed by atoms with Crippen molar-refractivity contribution in [2.24, 2.45) is 0 Å². The second-order valence-corrected chi connectivity index (χ2v) is 13.6. The summed E-state index contributed by atoms with van der Waals surface area (Å²) in [5.74, 6) is 0. The Hall–Kier alpha value is 0.323. The summed E-state index contributed by atoms with van der Waals surface area (Å²) in [7, 11) is 1.84. The van der Waals surface area contributed by atoms with E-state index in [1.54, 1.807) is 0 Å². The third-order valence-electron chi connectivity index (χ3n) is 2.08. The van der Waals surface area contributed by atoms with Gasteiger partial charge in [0.25, 0.3) is 0 Å². The Balaban J connectivity index is 2.64. The van der Waals surface area contributed by atoms with Crippen molar-refractivity contribution in [3.05, 3.63) is 24.3 Å². The Bertz CT molecular complexity index is 158. The molecule has 1 aliphatic rings. The third-order valence-corrected chi connectivity index (χ3v) is 9.56. The van der Waals surface area contributed by atoms with Crippen molar-refractivity contribution in [2.45, 2.75) is 12.9 Å². The fourth-order valence-electron chi connectivity index (χ4n) is 1.03. The Labute approximate surface area is 67.8 Å². The van der Waals surface area contributed by atoms with E-state index in [9.17, 15) is 0 Å². The van der Waals surface area contributed by atoms with Crippen LogP contribution in [0.15, 0.2) is 24.3 Å². The zero-order chi connectivity index (χ0) is 7.61. The summed E-state index contributed by atoms with van der Waals surface area (Å²) in [6.45, 7) is 0. The maximum absolute atomic E-state index is 5.53. The maximum atomic E-state index is 5.53. The SMILES string of the molecule is C[O][Zr]([CH3])([CH3])[CH]1C=CC=C1. The van der Waals surface area contributed by atoms with Gasteiger partial charge in [0, 0.05) is 0 Å². The molecule has 2 heteroatoms. The van der Waals surface area contributed by atoms with Crippen LogP contribution >= 0.6 is 0 Å². The molecule has 0 saturated heterocycles. The molecular formula is C8H14OZr. The molecule has 0 bridgehead atoms. The van der Waals surface area contributed by atoms with E-state index in [4.69, 9.17) is 2.81 Å². The minimum absolute atomic E-state index is 0.652. The van der Waals surface area contributed by atoms with Crippen molar-refractivity contribution in [1.82, 2.24) is 0 Å². The van der Waals surface area contributed by atoms with Crippen LogP contribution in [0.3, 0.4) is 0 Å². The fraction of sp³-hybridized carbons (Fsp3) is 0.500. The van der Waals surface area contributed by atoms with Crippen LogP contribution in [0.25, 0.3) is 0 Å². The zero-order valence-electron chi connectivity index (χ0n) is 6.79. The molecule has 1 nitrogen and oxygen atoms in total. The van der Waals surface area contributed by atoms with Crippen LogP contribution in [0, 0.1) is 0 Å². The second-order valence-electron chi connectivity index (χ2n) is 3.10. The van der Waals surface area contributed by atoms with Gasteiger partial charge >= 0.3 is 67.8 Å². The molecule has 0 aromatic heterocycles. The Morgan fingerprint density at radius 3 is 2.10 bits per heavy atom. The minimum atomic E-state index is -2.12. The summed E-state index contributed by atoms with van der Waals surface area (Å²) in [6, 6.07) is 0. The predicted molar refractivity (Wildman–Crippen MR) is 40.8 cm³/mol. The molecule has 0 radical (unpaired) electrons. The summed E-state index contributed by atoms with van der Waals surface area (Å²) < 4.78 is 10.8. The Kier molecular flexibility index (Phi) is 2.65. The number of hydrogen-bond acceptors (Lipinski definition) is 1. The van der Waals surface area contributed by atoms with E-state index in [0.717, 1.165) is 0 Å². The van der Waals surface area contributed by atoms with Crippen LogP contribution in [0.4, 0.5) is 0 Å². The second kappa shape index (κ2) is 3.15. The molecule has 0 spiro atoms. The average molecular weight is 217 g/mol. The van der Waals surface area contributed by atoms with Gasteiger partial charge in [-0.1, -0.05) is 0 Å². The predicted octanol–water partition coefficient (Wildman–Crippen LogP) is 2.71. The molecule has 0 aromatic rings. The molecule has 0 atom stereocenters. The van der Waals surface area contributed by atoms with Crippen molar-refractivity contribution in [1.29, 1.82) is 0 Å². The van der Waals surface area contributed by atoms with E-state index in [-0.39, 0.29) is 0 Å². The molecule has 0 unspecified atom stereocenters. The van der Waals surface area contributed by atoms with Crippen LogP contribution < -0.4 is 0 Å². The average Bonchev–Trinajstić information content (AvgIpc) is 2.38. The zero-order valence-corrected chi connectivity index (χ0v) is 9.25. The summed E-state index contributed by atoms with van der Waals surface area (Å²) >= 11 is -2.12. The van der Waals surface area contributed by atoms with Gasteiger partial charge in [-0.3, -0.25) is 0 Å². The monoisotopic (exact) mass is 216 g/mol. The molecule has 1 rings (SSSR count). The van der Waals surface area contributed by atoms with Crippen molar-refractivity contribution in [2.75, 3.05) is 7.11 Å². The Morgan fingerprint density at radius 2 is 1.70 bits per heavy atom. The van der Waals surface area contributed by atoms with Gasteiger partial charge in [-0.15, -0.1) is 0 Å². The summed E-state index contributed by atoms with van der Waals surface area (Å²) in [5.41, 5.74) is 0. The first-order valence-electron chi connectivity index (χ1n) is 3.57. The summed E-state index contributed by atoms with van der Waals surface area (Å²) in [4.78, 5) is 0. The van der Waals surface area contributed by atoms with Crippen molar-refractivity contribution in [3.8, 4) is 0 Å². The van der Waals surface area contributed by atoms with Crippen LogP contribution in [0.1, 0.15) is 0 Å². The molecule has 0 N–H and O–H groups in total. The van der Waals surface area contributed by atoms with Gasteiger partial charge in [-0.2, -0.15) is 0 Å². The Morgan fingerprint density at radius 1 is 1.20 bits per heavy atom. The first kappa shape index (κ1) is 8.42. The van der Waals surface area contributed by atoms with Crippen molar-refractivity contribution in [3.63, 3.8) is 0 Å². The van der Waals surface area contributed by atoms with E-state index >= 15 is 0 Å². The van der Waals surface area contributed by atoms with Crippen molar-refractivity contribution >= 4 is 0 Å². The van der Waals surface area contributed by atoms with Gasteiger partial charge in [0.1, 0.15) is 0 Å². The van der Waals surface area contributed by atoms with E-state index < -0.39 is 20.7 Å². The standard InChI is InChI=1S/C5H5.CH3O.2CH3.Zr/c1-2-4-5-3-1;1-2;;;/h1-5H;1H3;2*1H3;/q;-1;;;+1. The molecule has 0 heterocycles. The third kappa shape index (κ3) is 1.68. The van der Waals surface area contributed by atoms with E-state index in [0.29, 0.717) is 3.63 Å². The molecule has 10 heavy (non-hydrogen) atoms. The van der Waals surface area contributed by atoms with Gasteiger partial charge in [-0.25, -0.2) is 0 Å². The van der Waals surface area contributed by atoms with E-state index in [1.165, 1.54) is 0 Å². The van der Waals surface area contributed by atoms with E-state index in [1.807, 2.05) is 7.11 Å². The first-order valence-corrected chi connectivity index (χ1v) is 10.9. The molecule has 1 aliphatic carbocycles. The van der Waals surface area contributed by atoms with Gasteiger partial charge in [0.15, 0.2) is 0 Å². The molecule has 0 saturated carbocycles. The van der Waals surface area contributed by atoms with Crippen molar-refractivity contribution < 1.29 is 23.5 Å². The van der Waals surface area contributed by atoms with Gasteiger partial charge in [-0.05, 0) is 0 Å². The molecule has 0 aliphatic heterocycles. The van der Waals surface area contributed by atoms with Gasteiger partial charge in [0.05, 0.1) is 0 Å². The van der Waals surface area contributed by atoms with Crippen LogP contribution in [-0.2, 0) is 23.5 Å². The number of allylic oxidation sites excluding steroid dienone is 4. The number of rotatable bonds is 2. The van der Waals surface area contributed by atoms with Gasteiger partial charge < -0.3 is 0 Å². The van der Waals surface area contributed by atoms with Gasteiger partial charge in [0.2, 0.25) is 0 Å². The molecule has 0 fully saturated rings. The summed E-state index contributed by atoms with van der Waals surface area (Å²) in [5, 5.41) is 0. The van der Waals surface area contributed by atoms with Crippen LogP contribution in [0.5, 0.6) is 0 Å². The topological polar surface area (TPSA) is 9.23 Å². The van der Waals surface area contributed by atoms with Crippen LogP contribution in [-0.4, -0.2) is 7.11 Å². The van der Waals surface area contributed by atoms with Crippen LogP contribution in [0.2, 0.25) is 12.9 Å². The number of hydrogen-bond donors (Lipinski definition) is 0. The summed E-state index contributed by atoms with van der Waals surface area (Å²) in [6.07, 6.45) is 8.73. The first-order chi connectivity index (χ1) is 4.67. The normalized spacial score (nSPS) is 18.7. The fourth-order valence-corrected chi connectivity index (χ4v) is 4.53. The molecule has 56 valence electrons. The quantitative estimate of drug-likeness (QED) is 0.691.